The van der Waals surface area contributed by atoms with Crippen molar-refractivity contribution in [2.45, 2.75) is 18.6 Å². The molecule has 31 heavy (non-hydrogen) atoms. The van der Waals surface area contributed by atoms with E-state index >= 15 is 0 Å². The van der Waals surface area contributed by atoms with Gasteiger partial charge in [-0.15, -0.1) is 16.8 Å². The summed E-state index contributed by atoms with van der Waals surface area (Å²) in [5.74, 6) is 1.87. The minimum Gasteiger partial charge on any atom is -0.497 e. The van der Waals surface area contributed by atoms with Crippen LogP contribution in [0.2, 0.25) is 5.02 Å². The molecule has 3 aromatic rings. The highest BCUT2D eigenvalue weighted by atomic mass is 35.5. The number of aryl methyl sites for hydroxylation is 1. The van der Waals surface area contributed by atoms with Crippen LogP contribution in [-0.4, -0.2) is 40.6 Å². The molecule has 1 amide bonds. The van der Waals surface area contributed by atoms with E-state index in [2.05, 4.69) is 22.1 Å². The maximum Gasteiger partial charge on any atom is 0.234 e. The maximum absolute atomic E-state index is 12.6. The molecule has 0 unspecified atom stereocenters. The summed E-state index contributed by atoms with van der Waals surface area (Å²) in [6, 6.07) is 11.0. The molecule has 1 N–H and O–H groups in total. The Kier molecular flexibility index (Phi) is 7.59. The van der Waals surface area contributed by atoms with Crippen molar-refractivity contribution < 1.29 is 14.3 Å². The van der Waals surface area contributed by atoms with Gasteiger partial charge in [0.1, 0.15) is 11.5 Å². The molecule has 9 heteroatoms. The van der Waals surface area contributed by atoms with E-state index in [1.807, 2.05) is 35.8 Å². The first-order valence-electron chi connectivity index (χ1n) is 9.42. The largest absolute Gasteiger partial charge is 0.497 e. The zero-order valence-electron chi connectivity index (χ0n) is 17.5. The number of aromatic nitrogens is 3. The Bertz CT molecular complexity index is 1100. The zero-order valence-corrected chi connectivity index (χ0v) is 19.1. The molecule has 0 aliphatic heterocycles. The number of thioether (sulfide) groups is 1. The molecule has 1 aromatic heterocycles. The van der Waals surface area contributed by atoms with Crippen LogP contribution >= 0.6 is 23.4 Å². The van der Waals surface area contributed by atoms with Gasteiger partial charge in [-0.05, 0) is 30.7 Å². The molecule has 0 fully saturated rings. The number of carbonyl (C=O) groups is 1. The quantitative estimate of drug-likeness (QED) is 0.365. The molecule has 0 saturated carbocycles. The van der Waals surface area contributed by atoms with Crippen LogP contribution in [0.5, 0.6) is 11.5 Å². The Morgan fingerprint density at radius 3 is 2.77 bits per heavy atom. The summed E-state index contributed by atoms with van der Waals surface area (Å²) in [4.78, 5) is 12.6. The van der Waals surface area contributed by atoms with Crippen molar-refractivity contribution in [3.63, 3.8) is 0 Å². The standard InChI is InChI=1S/C22H23ClN4O3S/c1-5-9-27-21(15-7-6-8-16(11-15)29-3)25-26-22(27)31-13-20(28)24-18-10-14(2)17(23)12-19(18)30-4/h5-8,10-12H,1,9,13H2,2-4H3,(H,24,28). The molecule has 0 aliphatic carbocycles. The van der Waals surface area contributed by atoms with Crippen LogP contribution in [0.25, 0.3) is 11.4 Å². The molecule has 7 nitrogen and oxygen atoms in total. The van der Waals surface area contributed by atoms with Crippen molar-refractivity contribution in [1.29, 1.82) is 0 Å². The van der Waals surface area contributed by atoms with Gasteiger partial charge in [0.05, 0.1) is 25.7 Å². The van der Waals surface area contributed by atoms with Crippen molar-refractivity contribution in [1.82, 2.24) is 14.8 Å². The van der Waals surface area contributed by atoms with Crippen LogP contribution < -0.4 is 14.8 Å². The lowest BCUT2D eigenvalue weighted by molar-refractivity contribution is -0.113. The van der Waals surface area contributed by atoms with Gasteiger partial charge in [0, 0.05) is 23.2 Å². The third-order valence-corrected chi connectivity index (χ3v) is 5.82. The van der Waals surface area contributed by atoms with Gasteiger partial charge in [-0.25, -0.2) is 0 Å². The number of allylic oxidation sites excluding steroid dienone is 1. The van der Waals surface area contributed by atoms with Crippen LogP contribution in [0.1, 0.15) is 5.56 Å². The Balaban J connectivity index is 1.76. The van der Waals surface area contributed by atoms with Crippen molar-refractivity contribution in [2.24, 2.45) is 0 Å². The smallest absolute Gasteiger partial charge is 0.234 e. The molecule has 162 valence electrons. The fourth-order valence-electron chi connectivity index (χ4n) is 2.91. The molecule has 1 heterocycles. The van der Waals surface area contributed by atoms with E-state index in [0.717, 1.165) is 16.9 Å². The molecule has 0 atom stereocenters. The lowest BCUT2D eigenvalue weighted by Gasteiger charge is -2.12. The van der Waals surface area contributed by atoms with Gasteiger partial charge in [0.2, 0.25) is 5.91 Å². The first-order chi connectivity index (χ1) is 15.0. The minimum absolute atomic E-state index is 0.151. The summed E-state index contributed by atoms with van der Waals surface area (Å²) in [6.07, 6.45) is 1.76. The number of benzene rings is 2. The first-order valence-corrected chi connectivity index (χ1v) is 10.8. The van der Waals surface area contributed by atoms with Gasteiger partial charge in [-0.2, -0.15) is 0 Å². The van der Waals surface area contributed by atoms with Crippen LogP contribution in [0.3, 0.4) is 0 Å². The van der Waals surface area contributed by atoms with Crippen LogP contribution in [0.4, 0.5) is 5.69 Å². The lowest BCUT2D eigenvalue weighted by Crippen LogP contribution is -2.15. The number of hydrogen-bond donors (Lipinski definition) is 1. The highest BCUT2D eigenvalue weighted by Gasteiger charge is 2.16. The summed E-state index contributed by atoms with van der Waals surface area (Å²) in [5.41, 5.74) is 2.28. The fraction of sp³-hybridized carbons (Fsp3) is 0.227. The molecule has 0 aliphatic rings. The Morgan fingerprint density at radius 1 is 1.26 bits per heavy atom. The van der Waals surface area contributed by atoms with E-state index in [9.17, 15) is 4.79 Å². The number of halogens is 1. The summed E-state index contributed by atoms with van der Waals surface area (Å²) >= 11 is 7.42. The van der Waals surface area contributed by atoms with E-state index in [-0.39, 0.29) is 11.7 Å². The maximum atomic E-state index is 12.6. The normalized spacial score (nSPS) is 10.6. The predicted octanol–water partition coefficient (Wildman–Crippen LogP) is 4.84. The van der Waals surface area contributed by atoms with Gasteiger partial charge in [-0.1, -0.05) is 41.6 Å². The number of amides is 1. The number of hydrogen-bond acceptors (Lipinski definition) is 6. The molecule has 0 radical (unpaired) electrons. The summed E-state index contributed by atoms with van der Waals surface area (Å²) in [6.45, 7) is 6.19. The fourth-order valence-corrected chi connectivity index (χ4v) is 3.81. The molecular formula is C22H23ClN4O3S. The highest BCUT2D eigenvalue weighted by Crippen LogP contribution is 2.31. The predicted molar refractivity (Wildman–Crippen MR) is 124 cm³/mol. The average molecular weight is 459 g/mol. The van der Waals surface area contributed by atoms with Crippen molar-refractivity contribution in [3.05, 3.63) is 59.6 Å². The number of anilines is 1. The third-order valence-electron chi connectivity index (χ3n) is 4.44. The summed E-state index contributed by atoms with van der Waals surface area (Å²) in [5, 5.41) is 12.6. The summed E-state index contributed by atoms with van der Waals surface area (Å²) in [7, 11) is 3.15. The molecule has 3 rings (SSSR count). The number of nitrogens with one attached hydrogen (secondary N) is 1. The molecule has 0 bridgehead atoms. The SMILES string of the molecule is C=CCn1c(SCC(=O)Nc2cc(C)c(Cl)cc2OC)nnc1-c1cccc(OC)c1. The lowest BCUT2D eigenvalue weighted by atomic mass is 10.2. The van der Waals surface area contributed by atoms with Crippen LogP contribution in [-0.2, 0) is 11.3 Å². The first kappa shape index (κ1) is 22.7. The van der Waals surface area contributed by atoms with Gasteiger partial charge < -0.3 is 14.8 Å². The van der Waals surface area contributed by atoms with Crippen molar-refractivity contribution >= 4 is 35.0 Å². The van der Waals surface area contributed by atoms with Gasteiger partial charge in [-0.3, -0.25) is 9.36 Å². The van der Waals surface area contributed by atoms with Crippen molar-refractivity contribution in [2.75, 3.05) is 25.3 Å². The van der Waals surface area contributed by atoms with Crippen LogP contribution in [0.15, 0.2) is 54.2 Å². The number of rotatable bonds is 9. The van der Waals surface area contributed by atoms with E-state index in [4.69, 9.17) is 21.1 Å². The molecule has 2 aromatic carbocycles. The van der Waals surface area contributed by atoms with Gasteiger partial charge in [0.15, 0.2) is 11.0 Å². The number of ether oxygens (including phenoxy) is 2. The Morgan fingerprint density at radius 2 is 2.06 bits per heavy atom. The van der Waals surface area contributed by atoms with E-state index in [0.29, 0.717) is 34.0 Å². The summed E-state index contributed by atoms with van der Waals surface area (Å²) < 4.78 is 12.5. The van der Waals surface area contributed by atoms with E-state index in [1.165, 1.54) is 18.9 Å². The highest BCUT2D eigenvalue weighted by molar-refractivity contribution is 7.99. The second-order valence-corrected chi connectivity index (χ2v) is 7.93. The average Bonchev–Trinajstić information content (AvgIpc) is 3.17. The molecule has 0 saturated heterocycles. The van der Waals surface area contributed by atoms with Crippen LogP contribution in [0, 0.1) is 6.92 Å². The van der Waals surface area contributed by atoms with Gasteiger partial charge in [0.25, 0.3) is 0 Å². The van der Waals surface area contributed by atoms with Gasteiger partial charge >= 0.3 is 0 Å². The second-order valence-electron chi connectivity index (χ2n) is 6.58. The minimum atomic E-state index is -0.193. The Hall–Kier alpha value is -2.97. The second kappa shape index (κ2) is 10.4. The number of nitrogens with zero attached hydrogens (tertiary/aromatic N) is 3. The molecular weight excluding hydrogens is 436 g/mol. The van der Waals surface area contributed by atoms with E-state index < -0.39 is 0 Å². The zero-order chi connectivity index (χ0) is 22.4. The third kappa shape index (κ3) is 5.39. The molecule has 0 spiro atoms. The van der Waals surface area contributed by atoms with Crippen molar-refractivity contribution in [3.8, 4) is 22.9 Å². The van der Waals surface area contributed by atoms with E-state index in [1.54, 1.807) is 25.3 Å². The number of methoxy groups -OCH3 is 2. The topological polar surface area (TPSA) is 78.3 Å². The number of carbonyl (C=O) groups excluding carboxylic acids is 1. The monoisotopic (exact) mass is 458 g/mol. The Labute approximate surface area is 190 Å².